The van der Waals surface area contributed by atoms with Gasteiger partial charge in [0.15, 0.2) is 16.3 Å². The van der Waals surface area contributed by atoms with E-state index in [9.17, 15) is 14.4 Å². The van der Waals surface area contributed by atoms with Crippen molar-refractivity contribution in [2.24, 2.45) is 4.99 Å². The monoisotopic (exact) mass is 548 g/mol. The first-order valence-electron chi connectivity index (χ1n) is 12.9. The summed E-state index contributed by atoms with van der Waals surface area (Å²) in [5.41, 5.74) is 3.17. The molecule has 3 aromatic rings. The molecular formula is C30H32N2O6S. The molecule has 1 unspecified atom stereocenters. The smallest absolute Gasteiger partial charge is 0.338 e. The first-order valence-corrected chi connectivity index (χ1v) is 13.7. The first kappa shape index (κ1) is 28.0. The van der Waals surface area contributed by atoms with E-state index in [4.69, 9.17) is 14.2 Å². The molecule has 1 aliphatic rings. The molecule has 204 valence electrons. The molecule has 39 heavy (non-hydrogen) atoms. The first-order chi connectivity index (χ1) is 18.6. The van der Waals surface area contributed by atoms with Crippen LogP contribution >= 0.6 is 11.3 Å². The number of rotatable bonds is 8. The van der Waals surface area contributed by atoms with E-state index in [1.165, 1.54) is 28.4 Å². The molecule has 0 N–H and O–H groups in total. The summed E-state index contributed by atoms with van der Waals surface area (Å²) in [6.07, 6.45) is 1.84. The summed E-state index contributed by atoms with van der Waals surface area (Å²) in [6, 6.07) is 12.3. The third kappa shape index (κ3) is 5.88. The Labute approximate surface area is 230 Å². The highest BCUT2D eigenvalue weighted by molar-refractivity contribution is 7.07. The molecule has 0 aliphatic carbocycles. The zero-order valence-corrected chi connectivity index (χ0v) is 23.8. The van der Waals surface area contributed by atoms with Crippen molar-refractivity contribution in [3.05, 3.63) is 90.1 Å². The van der Waals surface area contributed by atoms with Crippen molar-refractivity contribution in [1.82, 2.24) is 4.57 Å². The van der Waals surface area contributed by atoms with E-state index in [0.717, 1.165) is 5.56 Å². The Balaban J connectivity index is 1.92. The van der Waals surface area contributed by atoms with E-state index in [1.807, 2.05) is 25.1 Å². The number of benzene rings is 2. The van der Waals surface area contributed by atoms with Gasteiger partial charge >= 0.3 is 11.9 Å². The molecule has 8 nitrogen and oxygen atoms in total. The fraction of sp³-hybridized carbons (Fsp3) is 0.333. The molecule has 0 amide bonds. The lowest BCUT2D eigenvalue weighted by Gasteiger charge is -2.25. The molecule has 0 saturated heterocycles. The van der Waals surface area contributed by atoms with Crippen LogP contribution in [-0.2, 0) is 14.3 Å². The number of thiazole rings is 1. The van der Waals surface area contributed by atoms with Gasteiger partial charge in [-0.3, -0.25) is 14.2 Å². The van der Waals surface area contributed by atoms with Crippen molar-refractivity contribution >= 4 is 29.4 Å². The van der Waals surface area contributed by atoms with Gasteiger partial charge in [-0.25, -0.2) is 9.79 Å². The molecule has 0 spiro atoms. The summed E-state index contributed by atoms with van der Waals surface area (Å²) < 4.78 is 18.4. The van der Waals surface area contributed by atoms with E-state index in [0.29, 0.717) is 38.9 Å². The number of allylic oxidation sites excluding steroid dienone is 1. The van der Waals surface area contributed by atoms with Gasteiger partial charge in [0.1, 0.15) is 0 Å². The Morgan fingerprint density at radius 1 is 1.08 bits per heavy atom. The highest BCUT2D eigenvalue weighted by Crippen LogP contribution is 2.36. The summed E-state index contributed by atoms with van der Waals surface area (Å²) in [7, 11) is 0. The van der Waals surface area contributed by atoms with Gasteiger partial charge in [-0.05, 0) is 61.6 Å². The number of hydrogen-bond donors (Lipinski definition) is 0. The van der Waals surface area contributed by atoms with Gasteiger partial charge in [0.25, 0.3) is 5.56 Å². The van der Waals surface area contributed by atoms with Crippen LogP contribution in [0.15, 0.2) is 63.5 Å². The molecule has 2 aromatic carbocycles. The molecular weight excluding hydrogens is 516 g/mol. The van der Waals surface area contributed by atoms with Crippen molar-refractivity contribution in [3.63, 3.8) is 0 Å². The molecule has 0 fully saturated rings. The summed E-state index contributed by atoms with van der Waals surface area (Å²) >= 11 is 1.26. The molecule has 0 bridgehead atoms. The molecule has 1 atom stereocenters. The lowest BCUT2D eigenvalue weighted by molar-refractivity contribution is -0.139. The van der Waals surface area contributed by atoms with Gasteiger partial charge in [-0.2, -0.15) is 0 Å². The SMILES string of the molecule is CCOC(=O)C1=C(C)N=c2s/c(=C/c3ccc(C(C)C)cc3)c(=O)n2C1c1ccc(OC(C)=O)c(OCC)c1. The normalized spacial score (nSPS) is 15.2. The van der Waals surface area contributed by atoms with Gasteiger partial charge in [-0.1, -0.05) is 55.5 Å². The lowest BCUT2D eigenvalue weighted by Crippen LogP contribution is -2.40. The highest BCUT2D eigenvalue weighted by atomic mass is 32.1. The fourth-order valence-corrected chi connectivity index (χ4v) is 5.48. The van der Waals surface area contributed by atoms with E-state index >= 15 is 0 Å². The number of ether oxygens (including phenoxy) is 3. The van der Waals surface area contributed by atoms with Crippen LogP contribution in [0.5, 0.6) is 11.5 Å². The van der Waals surface area contributed by atoms with E-state index in [1.54, 1.807) is 32.0 Å². The summed E-state index contributed by atoms with van der Waals surface area (Å²) in [5, 5.41) is 0. The third-order valence-corrected chi connectivity index (χ3v) is 7.24. The Hall–Kier alpha value is -3.98. The Bertz CT molecular complexity index is 1610. The number of hydrogen-bond acceptors (Lipinski definition) is 8. The maximum Gasteiger partial charge on any atom is 0.338 e. The standard InChI is InChI=1S/C30H32N2O6S/c1-7-36-24-16-22(13-14-23(24)38-19(6)33)27-26(29(35)37-8-2)18(5)31-30-32(27)28(34)25(39-30)15-20-9-11-21(12-10-20)17(3)4/h9-17,27H,7-8H2,1-6H3/b25-15+. The molecule has 4 rings (SSSR count). The predicted octanol–water partition coefficient (Wildman–Crippen LogP) is 4.25. The Morgan fingerprint density at radius 3 is 2.41 bits per heavy atom. The Morgan fingerprint density at radius 2 is 1.79 bits per heavy atom. The van der Waals surface area contributed by atoms with Gasteiger partial charge < -0.3 is 14.2 Å². The summed E-state index contributed by atoms with van der Waals surface area (Å²) in [6.45, 7) is 11.3. The van der Waals surface area contributed by atoms with Crippen LogP contribution in [0.4, 0.5) is 0 Å². The van der Waals surface area contributed by atoms with Crippen molar-refractivity contribution in [2.75, 3.05) is 13.2 Å². The third-order valence-electron chi connectivity index (χ3n) is 6.25. The minimum Gasteiger partial charge on any atom is -0.490 e. The molecule has 2 heterocycles. The summed E-state index contributed by atoms with van der Waals surface area (Å²) in [5.74, 6) is -0.0491. The number of esters is 2. The average Bonchev–Trinajstić information content (AvgIpc) is 3.18. The quantitative estimate of drug-likeness (QED) is 0.309. The van der Waals surface area contributed by atoms with E-state index in [2.05, 4.69) is 31.0 Å². The van der Waals surface area contributed by atoms with Crippen LogP contribution in [-0.4, -0.2) is 29.7 Å². The maximum absolute atomic E-state index is 13.8. The zero-order chi connectivity index (χ0) is 28.3. The lowest BCUT2D eigenvalue weighted by atomic mass is 9.95. The fourth-order valence-electron chi connectivity index (χ4n) is 4.44. The Kier molecular flexibility index (Phi) is 8.50. The number of nitrogens with zero attached hydrogens (tertiary/aromatic N) is 2. The van der Waals surface area contributed by atoms with Crippen LogP contribution in [0.1, 0.15) is 70.2 Å². The van der Waals surface area contributed by atoms with Gasteiger partial charge in [0.2, 0.25) is 0 Å². The van der Waals surface area contributed by atoms with Crippen molar-refractivity contribution in [2.45, 2.75) is 53.5 Å². The van der Waals surface area contributed by atoms with Crippen LogP contribution in [0.3, 0.4) is 0 Å². The second-order valence-electron chi connectivity index (χ2n) is 9.36. The zero-order valence-electron chi connectivity index (χ0n) is 22.9. The van der Waals surface area contributed by atoms with Crippen molar-refractivity contribution in [3.8, 4) is 11.5 Å². The van der Waals surface area contributed by atoms with Crippen LogP contribution in [0, 0.1) is 0 Å². The van der Waals surface area contributed by atoms with Crippen molar-refractivity contribution in [1.29, 1.82) is 0 Å². The molecule has 0 radical (unpaired) electrons. The molecule has 9 heteroatoms. The van der Waals surface area contributed by atoms with Crippen LogP contribution < -0.4 is 24.4 Å². The topological polar surface area (TPSA) is 96.2 Å². The van der Waals surface area contributed by atoms with Crippen LogP contribution in [0.25, 0.3) is 6.08 Å². The number of carbonyl (C=O) groups excluding carboxylic acids is 2. The molecule has 1 aromatic heterocycles. The minimum atomic E-state index is -0.809. The second kappa shape index (κ2) is 11.8. The summed E-state index contributed by atoms with van der Waals surface area (Å²) in [4.78, 5) is 43.7. The number of fused-ring (bicyclic) bond motifs is 1. The van der Waals surface area contributed by atoms with Crippen molar-refractivity contribution < 1.29 is 23.8 Å². The van der Waals surface area contributed by atoms with Crippen LogP contribution in [0.2, 0.25) is 0 Å². The number of aromatic nitrogens is 1. The van der Waals surface area contributed by atoms with Gasteiger partial charge in [0.05, 0.1) is 35.1 Å². The average molecular weight is 549 g/mol. The van der Waals surface area contributed by atoms with E-state index < -0.39 is 18.0 Å². The van der Waals surface area contributed by atoms with E-state index in [-0.39, 0.29) is 23.5 Å². The molecule has 0 saturated carbocycles. The minimum absolute atomic E-state index is 0.175. The highest BCUT2D eigenvalue weighted by Gasteiger charge is 2.34. The predicted molar refractivity (Wildman–Crippen MR) is 150 cm³/mol. The second-order valence-corrected chi connectivity index (χ2v) is 10.4. The maximum atomic E-state index is 13.8. The van der Waals surface area contributed by atoms with Gasteiger partial charge in [0, 0.05) is 6.92 Å². The number of carbonyl (C=O) groups is 2. The largest absolute Gasteiger partial charge is 0.490 e. The molecule has 1 aliphatic heterocycles. The van der Waals surface area contributed by atoms with Gasteiger partial charge in [-0.15, -0.1) is 0 Å².